The Hall–Kier alpha value is -1.05. The number of hydrogen-bond donors (Lipinski definition) is 0. The van der Waals surface area contributed by atoms with Gasteiger partial charge >= 0.3 is 0 Å². The van der Waals surface area contributed by atoms with Crippen molar-refractivity contribution in [2.24, 2.45) is 0 Å². The van der Waals surface area contributed by atoms with Gasteiger partial charge in [0.1, 0.15) is 16.5 Å². The molecule has 0 aliphatic heterocycles. The molecule has 0 saturated heterocycles. The highest BCUT2D eigenvalue weighted by atomic mass is 79.9. The van der Waals surface area contributed by atoms with Gasteiger partial charge < -0.3 is 4.42 Å². The smallest absolute Gasteiger partial charge is 0.268 e. The Balaban J connectivity index is 2.55. The summed E-state index contributed by atoms with van der Waals surface area (Å²) in [6, 6.07) is 7.02. The monoisotopic (exact) mass is 395 g/mol. The number of alkyl halides is 1. The predicted molar refractivity (Wildman–Crippen MR) is 82.6 cm³/mol. The Kier molecular flexibility index (Phi) is 4.95. The summed E-state index contributed by atoms with van der Waals surface area (Å²) in [5.74, 6) is -0.258. The van der Waals surface area contributed by atoms with Crippen LogP contribution >= 0.6 is 27.5 Å². The van der Waals surface area contributed by atoms with Crippen LogP contribution in [-0.2, 0) is 15.9 Å². The Morgan fingerprint density at radius 1 is 1.38 bits per heavy atom. The molecule has 0 N–H and O–H groups in total. The number of hydrogen-bond acceptors (Lipinski definition) is 3. The van der Waals surface area contributed by atoms with Crippen LogP contribution in [0.4, 0.5) is 10.1 Å². The lowest BCUT2D eigenvalue weighted by molar-refractivity contribution is 0.497. The summed E-state index contributed by atoms with van der Waals surface area (Å²) in [6.07, 6.45) is 0. The van der Waals surface area contributed by atoms with Gasteiger partial charge in [-0.25, -0.2) is 12.8 Å². The molecule has 0 aliphatic rings. The first kappa shape index (κ1) is 16.3. The largest absolute Gasteiger partial charge is 0.452 e. The van der Waals surface area contributed by atoms with E-state index in [1.54, 1.807) is 13.0 Å². The normalized spacial score (nSPS) is 11.6. The second-order valence-electron chi connectivity index (χ2n) is 4.11. The Labute approximate surface area is 135 Å². The summed E-state index contributed by atoms with van der Waals surface area (Å²) in [5.41, 5.74) is -0.0134. The number of sulfonamides is 1. The lowest BCUT2D eigenvalue weighted by Gasteiger charge is -2.22. The fourth-order valence-corrected chi connectivity index (χ4v) is 4.46. The Morgan fingerprint density at radius 2 is 2.05 bits per heavy atom. The lowest BCUT2D eigenvalue weighted by Crippen LogP contribution is -2.31. The van der Waals surface area contributed by atoms with Crippen LogP contribution in [-0.4, -0.2) is 15.0 Å². The SMILES string of the molecule is CCN(c1ccccc1F)S(=O)(=O)c1cc(CCl)oc1Br. The molecule has 0 amide bonds. The van der Waals surface area contributed by atoms with Gasteiger partial charge in [-0.05, 0) is 35.0 Å². The summed E-state index contributed by atoms with van der Waals surface area (Å²) in [5, 5.41) is 0. The van der Waals surface area contributed by atoms with Crippen LogP contribution in [0.15, 0.2) is 44.3 Å². The number of rotatable bonds is 5. The minimum Gasteiger partial charge on any atom is -0.452 e. The number of benzene rings is 1. The van der Waals surface area contributed by atoms with E-state index in [2.05, 4.69) is 15.9 Å². The van der Waals surface area contributed by atoms with E-state index in [0.29, 0.717) is 5.76 Å². The van der Waals surface area contributed by atoms with Crippen LogP contribution in [0.2, 0.25) is 0 Å². The number of para-hydroxylation sites is 1. The topological polar surface area (TPSA) is 50.5 Å². The fraction of sp³-hybridized carbons (Fsp3) is 0.231. The number of furan rings is 1. The summed E-state index contributed by atoms with van der Waals surface area (Å²) in [4.78, 5) is -0.0803. The zero-order chi connectivity index (χ0) is 15.6. The van der Waals surface area contributed by atoms with Crippen molar-refractivity contribution in [1.29, 1.82) is 0 Å². The quantitative estimate of drug-likeness (QED) is 0.714. The van der Waals surface area contributed by atoms with Crippen molar-refractivity contribution in [2.75, 3.05) is 10.8 Å². The van der Waals surface area contributed by atoms with Crippen LogP contribution < -0.4 is 4.31 Å². The molecule has 0 spiro atoms. The number of nitrogens with zero attached hydrogens (tertiary/aromatic N) is 1. The van der Waals surface area contributed by atoms with Crippen molar-refractivity contribution < 1.29 is 17.2 Å². The van der Waals surface area contributed by atoms with Crippen molar-refractivity contribution in [3.05, 3.63) is 46.6 Å². The molecule has 1 heterocycles. The van der Waals surface area contributed by atoms with Crippen molar-refractivity contribution >= 4 is 43.2 Å². The molecule has 2 rings (SSSR count). The van der Waals surface area contributed by atoms with Gasteiger partial charge in [-0.2, -0.15) is 0 Å². The summed E-state index contributed by atoms with van der Waals surface area (Å²) < 4.78 is 45.5. The molecule has 2 aromatic rings. The third-order valence-corrected chi connectivity index (χ3v) is 5.82. The molecule has 0 bridgehead atoms. The van der Waals surface area contributed by atoms with Gasteiger partial charge in [-0.3, -0.25) is 4.31 Å². The van der Waals surface area contributed by atoms with E-state index in [-0.39, 0.29) is 27.7 Å². The molecule has 1 aromatic heterocycles. The van der Waals surface area contributed by atoms with Gasteiger partial charge in [0.25, 0.3) is 10.0 Å². The van der Waals surface area contributed by atoms with Crippen LogP contribution in [0, 0.1) is 5.82 Å². The summed E-state index contributed by atoms with van der Waals surface area (Å²) >= 11 is 8.69. The maximum absolute atomic E-state index is 13.9. The first-order chi connectivity index (χ1) is 9.91. The standard InChI is InChI=1S/C13H12BrClFNO3S/c1-2-17(11-6-4-3-5-10(11)16)21(18,19)12-7-9(8-15)20-13(12)14/h3-7H,2,8H2,1H3. The van der Waals surface area contributed by atoms with Crippen molar-refractivity contribution in [3.8, 4) is 0 Å². The first-order valence-electron chi connectivity index (χ1n) is 6.03. The van der Waals surface area contributed by atoms with Gasteiger partial charge in [0.15, 0.2) is 4.67 Å². The van der Waals surface area contributed by atoms with Crippen LogP contribution in [0.1, 0.15) is 12.7 Å². The van der Waals surface area contributed by atoms with Gasteiger partial charge in [-0.1, -0.05) is 12.1 Å². The second-order valence-corrected chi connectivity index (χ2v) is 6.92. The molecule has 0 fully saturated rings. The molecule has 8 heteroatoms. The fourth-order valence-electron chi connectivity index (χ4n) is 1.88. The van der Waals surface area contributed by atoms with E-state index in [0.717, 1.165) is 4.31 Å². The maximum atomic E-state index is 13.9. The average Bonchev–Trinajstić information content (AvgIpc) is 2.83. The average molecular weight is 397 g/mol. The van der Waals surface area contributed by atoms with Crippen LogP contribution in [0.25, 0.3) is 0 Å². The Morgan fingerprint density at radius 3 is 2.57 bits per heavy atom. The molecule has 0 saturated carbocycles. The molecule has 21 heavy (non-hydrogen) atoms. The molecule has 0 radical (unpaired) electrons. The third kappa shape index (κ3) is 3.09. The highest BCUT2D eigenvalue weighted by Gasteiger charge is 2.30. The van der Waals surface area contributed by atoms with E-state index in [4.69, 9.17) is 16.0 Å². The van der Waals surface area contributed by atoms with E-state index in [9.17, 15) is 12.8 Å². The van der Waals surface area contributed by atoms with Crippen molar-refractivity contribution in [1.82, 2.24) is 0 Å². The first-order valence-corrected chi connectivity index (χ1v) is 8.80. The van der Waals surface area contributed by atoms with Gasteiger partial charge in [0, 0.05) is 12.6 Å². The van der Waals surface area contributed by atoms with Gasteiger partial charge in [0.05, 0.1) is 11.6 Å². The molecule has 4 nitrogen and oxygen atoms in total. The molecule has 0 aliphatic carbocycles. The number of halogens is 3. The van der Waals surface area contributed by atoms with E-state index >= 15 is 0 Å². The molecule has 0 unspecified atom stereocenters. The van der Waals surface area contributed by atoms with Gasteiger partial charge in [0.2, 0.25) is 0 Å². The minimum atomic E-state index is -3.95. The molecular weight excluding hydrogens is 385 g/mol. The molecular formula is C13H12BrClFNO3S. The lowest BCUT2D eigenvalue weighted by atomic mass is 10.3. The van der Waals surface area contributed by atoms with E-state index in [1.807, 2.05) is 0 Å². The van der Waals surface area contributed by atoms with E-state index in [1.165, 1.54) is 24.3 Å². The minimum absolute atomic E-state index is 0.0134. The second kappa shape index (κ2) is 6.37. The van der Waals surface area contributed by atoms with Crippen molar-refractivity contribution in [2.45, 2.75) is 17.7 Å². The highest BCUT2D eigenvalue weighted by Crippen LogP contribution is 2.32. The zero-order valence-electron chi connectivity index (χ0n) is 11.0. The molecule has 1 aromatic carbocycles. The third-order valence-electron chi connectivity index (χ3n) is 2.81. The molecule has 0 atom stereocenters. The van der Waals surface area contributed by atoms with Crippen LogP contribution in [0.5, 0.6) is 0 Å². The Bertz CT molecular complexity index is 748. The van der Waals surface area contributed by atoms with Gasteiger partial charge in [-0.15, -0.1) is 11.6 Å². The zero-order valence-corrected chi connectivity index (χ0v) is 14.2. The summed E-state index contributed by atoms with van der Waals surface area (Å²) in [7, 11) is -3.95. The summed E-state index contributed by atoms with van der Waals surface area (Å²) in [6.45, 7) is 1.71. The highest BCUT2D eigenvalue weighted by molar-refractivity contribution is 9.10. The molecule has 114 valence electrons. The maximum Gasteiger partial charge on any atom is 0.268 e. The van der Waals surface area contributed by atoms with Crippen molar-refractivity contribution in [3.63, 3.8) is 0 Å². The predicted octanol–water partition coefficient (Wildman–Crippen LogP) is 4.14. The van der Waals surface area contributed by atoms with E-state index < -0.39 is 15.8 Å². The van der Waals surface area contributed by atoms with Crippen LogP contribution in [0.3, 0.4) is 0 Å². The number of anilines is 1.